The van der Waals surface area contributed by atoms with Crippen molar-refractivity contribution < 1.29 is 14.6 Å². The molecule has 1 aliphatic rings. The van der Waals surface area contributed by atoms with E-state index in [0.717, 1.165) is 16.5 Å². The van der Waals surface area contributed by atoms with Crippen molar-refractivity contribution in [3.63, 3.8) is 0 Å². The lowest BCUT2D eigenvalue weighted by atomic mass is 10.1. The fraction of sp³-hybridized carbons (Fsp3) is 0.333. The Hall–Kier alpha value is -1.00. The number of hydrogen-bond donors (Lipinski definition) is 1. The van der Waals surface area contributed by atoms with Crippen LogP contribution < -0.4 is 9.47 Å². The number of fused-ring (bicyclic) bond motifs is 1. The summed E-state index contributed by atoms with van der Waals surface area (Å²) < 4.78 is 11.9. The van der Waals surface area contributed by atoms with Gasteiger partial charge >= 0.3 is 0 Å². The summed E-state index contributed by atoms with van der Waals surface area (Å²) in [5, 5.41) is 9.69. The molecule has 86 valence electrons. The van der Waals surface area contributed by atoms with Crippen molar-refractivity contribution in [1.82, 2.24) is 0 Å². The van der Waals surface area contributed by atoms with E-state index in [1.54, 1.807) is 6.07 Å². The smallest absolute Gasteiger partial charge is 0.175 e. The van der Waals surface area contributed by atoms with E-state index in [1.165, 1.54) is 6.08 Å². The van der Waals surface area contributed by atoms with Crippen molar-refractivity contribution in [2.75, 3.05) is 13.2 Å². The maximum absolute atomic E-state index is 9.69. The Balaban J connectivity index is 2.43. The highest BCUT2D eigenvalue weighted by molar-refractivity contribution is 9.10. The van der Waals surface area contributed by atoms with E-state index in [4.69, 9.17) is 9.47 Å². The van der Waals surface area contributed by atoms with Crippen LogP contribution in [-0.2, 0) is 0 Å². The van der Waals surface area contributed by atoms with Crippen molar-refractivity contribution in [2.45, 2.75) is 12.5 Å². The molecule has 0 spiro atoms. The van der Waals surface area contributed by atoms with Crippen molar-refractivity contribution >= 4 is 15.9 Å². The first-order chi connectivity index (χ1) is 7.72. The molecule has 1 aromatic carbocycles. The summed E-state index contributed by atoms with van der Waals surface area (Å²) in [4.78, 5) is 0. The molecule has 16 heavy (non-hydrogen) atoms. The van der Waals surface area contributed by atoms with E-state index in [0.29, 0.717) is 24.7 Å². The first kappa shape index (κ1) is 11.5. The average molecular weight is 285 g/mol. The number of rotatable bonds is 2. The monoisotopic (exact) mass is 284 g/mol. The van der Waals surface area contributed by atoms with Gasteiger partial charge in [-0.1, -0.05) is 6.08 Å². The number of aliphatic hydroxyl groups is 1. The van der Waals surface area contributed by atoms with Crippen LogP contribution in [-0.4, -0.2) is 18.3 Å². The maximum atomic E-state index is 9.69. The molecule has 1 N–H and O–H groups in total. The zero-order chi connectivity index (χ0) is 11.5. The topological polar surface area (TPSA) is 38.7 Å². The average Bonchev–Trinajstić information content (AvgIpc) is 2.53. The van der Waals surface area contributed by atoms with Gasteiger partial charge in [0.25, 0.3) is 0 Å². The molecule has 0 aromatic heterocycles. The SMILES string of the molecule is C=CC(O)c1cc(Br)c2c(c1)OCCCO2. The van der Waals surface area contributed by atoms with E-state index in [2.05, 4.69) is 22.5 Å². The Morgan fingerprint density at radius 3 is 2.88 bits per heavy atom. The van der Waals surface area contributed by atoms with Crippen molar-refractivity contribution in [1.29, 1.82) is 0 Å². The molecular weight excluding hydrogens is 272 g/mol. The Bertz CT molecular complexity index is 403. The largest absolute Gasteiger partial charge is 0.490 e. The number of benzene rings is 1. The highest BCUT2D eigenvalue weighted by Crippen LogP contribution is 2.39. The van der Waals surface area contributed by atoms with Crippen LogP contribution in [0.25, 0.3) is 0 Å². The minimum atomic E-state index is -0.687. The van der Waals surface area contributed by atoms with Crippen LogP contribution in [0, 0.1) is 0 Å². The van der Waals surface area contributed by atoms with Crippen molar-refractivity contribution in [2.24, 2.45) is 0 Å². The highest BCUT2D eigenvalue weighted by atomic mass is 79.9. The minimum absolute atomic E-state index is 0.632. The summed E-state index contributed by atoms with van der Waals surface area (Å²) >= 11 is 3.41. The fourth-order valence-electron chi connectivity index (χ4n) is 1.56. The van der Waals surface area contributed by atoms with E-state index < -0.39 is 6.10 Å². The molecule has 1 atom stereocenters. The third-order valence-electron chi connectivity index (χ3n) is 2.39. The summed E-state index contributed by atoms with van der Waals surface area (Å²) in [6.45, 7) is 4.84. The molecular formula is C12H13BrO3. The molecule has 0 saturated heterocycles. The van der Waals surface area contributed by atoms with E-state index in [-0.39, 0.29) is 0 Å². The second-order valence-corrected chi connectivity index (χ2v) is 4.42. The second-order valence-electron chi connectivity index (χ2n) is 3.56. The summed E-state index contributed by atoms with van der Waals surface area (Å²) in [6, 6.07) is 3.61. The van der Waals surface area contributed by atoms with Crippen LogP contribution in [0.4, 0.5) is 0 Å². The van der Waals surface area contributed by atoms with Gasteiger partial charge in [-0.3, -0.25) is 0 Å². The van der Waals surface area contributed by atoms with Crippen LogP contribution in [0.2, 0.25) is 0 Å². The van der Waals surface area contributed by atoms with Gasteiger partial charge in [0, 0.05) is 6.42 Å². The van der Waals surface area contributed by atoms with Gasteiger partial charge < -0.3 is 14.6 Å². The zero-order valence-electron chi connectivity index (χ0n) is 8.78. The summed E-state index contributed by atoms with van der Waals surface area (Å²) in [7, 11) is 0. The second kappa shape index (κ2) is 4.89. The highest BCUT2D eigenvalue weighted by Gasteiger charge is 2.17. The molecule has 1 aliphatic heterocycles. The Morgan fingerprint density at radius 1 is 1.38 bits per heavy atom. The van der Waals surface area contributed by atoms with Gasteiger partial charge in [-0.15, -0.1) is 6.58 Å². The van der Waals surface area contributed by atoms with Crippen molar-refractivity contribution in [3.8, 4) is 11.5 Å². The Morgan fingerprint density at radius 2 is 2.12 bits per heavy atom. The summed E-state index contributed by atoms with van der Waals surface area (Å²) in [5.41, 5.74) is 0.742. The molecule has 0 bridgehead atoms. The van der Waals surface area contributed by atoms with Gasteiger partial charge in [-0.05, 0) is 33.6 Å². The number of hydrogen-bond acceptors (Lipinski definition) is 3. The molecule has 0 radical (unpaired) electrons. The fourth-order valence-corrected chi connectivity index (χ4v) is 2.13. The minimum Gasteiger partial charge on any atom is -0.490 e. The molecule has 0 amide bonds. The molecule has 3 nitrogen and oxygen atoms in total. The predicted octanol–water partition coefficient (Wildman–Crippen LogP) is 2.83. The van der Waals surface area contributed by atoms with Crippen molar-refractivity contribution in [3.05, 3.63) is 34.8 Å². The van der Waals surface area contributed by atoms with E-state index in [1.807, 2.05) is 6.07 Å². The molecule has 0 aliphatic carbocycles. The Labute approximate surface area is 103 Å². The molecule has 0 saturated carbocycles. The molecule has 1 unspecified atom stereocenters. The Kier molecular flexibility index (Phi) is 3.51. The van der Waals surface area contributed by atoms with Crippen LogP contribution >= 0.6 is 15.9 Å². The summed E-state index contributed by atoms with van der Waals surface area (Å²) in [6.07, 6.45) is 1.65. The number of ether oxygens (including phenoxy) is 2. The van der Waals surface area contributed by atoms with Crippen LogP contribution in [0.3, 0.4) is 0 Å². The quantitative estimate of drug-likeness (QED) is 0.849. The first-order valence-corrected chi connectivity index (χ1v) is 5.91. The maximum Gasteiger partial charge on any atom is 0.175 e. The molecule has 1 aromatic rings. The lowest BCUT2D eigenvalue weighted by Crippen LogP contribution is -1.97. The van der Waals surface area contributed by atoms with Crippen LogP contribution in [0.15, 0.2) is 29.3 Å². The predicted molar refractivity (Wildman–Crippen MR) is 64.9 cm³/mol. The number of halogens is 1. The van der Waals surface area contributed by atoms with Gasteiger partial charge in [0.15, 0.2) is 11.5 Å². The third-order valence-corrected chi connectivity index (χ3v) is 2.98. The van der Waals surface area contributed by atoms with Gasteiger partial charge in [-0.2, -0.15) is 0 Å². The van der Waals surface area contributed by atoms with Gasteiger partial charge in [0.1, 0.15) is 0 Å². The van der Waals surface area contributed by atoms with Gasteiger partial charge in [0.2, 0.25) is 0 Å². The van der Waals surface area contributed by atoms with Crippen LogP contribution in [0.5, 0.6) is 11.5 Å². The molecule has 2 rings (SSSR count). The standard InChI is InChI=1S/C12H13BrO3/c1-2-10(14)8-6-9(13)12-11(7-8)15-4-3-5-16-12/h2,6-7,10,14H,1,3-5H2. The third kappa shape index (κ3) is 2.23. The molecule has 4 heteroatoms. The van der Waals surface area contributed by atoms with Gasteiger partial charge in [0.05, 0.1) is 23.8 Å². The normalized spacial score (nSPS) is 16.4. The zero-order valence-corrected chi connectivity index (χ0v) is 10.4. The first-order valence-electron chi connectivity index (χ1n) is 5.12. The lowest BCUT2D eigenvalue weighted by molar-refractivity contribution is 0.228. The number of aliphatic hydroxyl groups excluding tert-OH is 1. The van der Waals surface area contributed by atoms with E-state index >= 15 is 0 Å². The van der Waals surface area contributed by atoms with Gasteiger partial charge in [-0.25, -0.2) is 0 Å². The molecule has 1 heterocycles. The summed E-state index contributed by atoms with van der Waals surface area (Å²) in [5.74, 6) is 1.38. The van der Waals surface area contributed by atoms with Crippen LogP contribution in [0.1, 0.15) is 18.1 Å². The van der Waals surface area contributed by atoms with E-state index in [9.17, 15) is 5.11 Å². The lowest BCUT2D eigenvalue weighted by Gasteiger charge is -2.13. The molecule has 0 fully saturated rings.